The van der Waals surface area contributed by atoms with Crippen LogP contribution in [0.4, 0.5) is 0 Å². The van der Waals surface area contributed by atoms with E-state index in [0.717, 1.165) is 18.7 Å². The minimum atomic E-state index is -0.739. The molecule has 1 rings (SSSR count). The molecule has 0 radical (unpaired) electrons. The third-order valence-electron chi connectivity index (χ3n) is 2.62. The second-order valence-electron chi connectivity index (χ2n) is 3.84. The Hall–Kier alpha value is -0.260. The fraction of sp³-hybridized carbons (Fsp3) is 0.900. The van der Waals surface area contributed by atoms with E-state index in [1.165, 1.54) is 12.8 Å². The molecule has 15 heavy (non-hydrogen) atoms. The van der Waals surface area contributed by atoms with Gasteiger partial charge < -0.3 is 10.4 Å². The number of carboxylic acid groups (broad SMARTS) is 1. The smallest absolute Gasteiger partial charge is 0.320 e. The molecule has 0 aromatic rings. The highest BCUT2D eigenvalue weighted by Gasteiger charge is 2.21. The Morgan fingerprint density at radius 1 is 1.67 bits per heavy atom. The van der Waals surface area contributed by atoms with Crippen molar-refractivity contribution in [2.75, 3.05) is 18.6 Å². The van der Waals surface area contributed by atoms with E-state index in [0.29, 0.717) is 6.42 Å². The van der Waals surface area contributed by atoms with Crippen LogP contribution in [0, 0.1) is 0 Å². The molecule has 1 heterocycles. The first-order valence-corrected chi connectivity index (χ1v) is 6.84. The lowest BCUT2D eigenvalue weighted by Gasteiger charge is -2.27. The molecule has 0 spiro atoms. The lowest BCUT2D eigenvalue weighted by Crippen LogP contribution is -2.52. The lowest BCUT2D eigenvalue weighted by atomic mass is 10.1. The van der Waals surface area contributed by atoms with Crippen molar-refractivity contribution in [1.82, 2.24) is 10.6 Å². The van der Waals surface area contributed by atoms with E-state index in [2.05, 4.69) is 10.6 Å². The number of aliphatic carboxylic acids is 1. The standard InChI is InChI=1S/C10H20N2O2S/c1-15-7-5-8(10(13)14)12-9-4-2-3-6-11-9/h8-9,11-12H,2-7H2,1H3,(H,13,14)/t8-,9+/m0/s1. The van der Waals surface area contributed by atoms with Crippen LogP contribution in [-0.4, -0.2) is 41.8 Å². The van der Waals surface area contributed by atoms with E-state index in [-0.39, 0.29) is 6.17 Å². The Morgan fingerprint density at radius 2 is 2.47 bits per heavy atom. The molecule has 0 bridgehead atoms. The topological polar surface area (TPSA) is 61.4 Å². The zero-order valence-electron chi connectivity index (χ0n) is 9.16. The van der Waals surface area contributed by atoms with Gasteiger partial charge in [-0.3, -0.25) is 10.1 Å². The van der Waals surface area contributed by atoms with Crippen molar-refractivity contribution < 1.29 is 9.90 Å². The average molecular weight is 232 g/mol. The number of thioether (sulfide) groups is 1. The van der Waals surface area contributed by atoms with Crippen molar-refractivity contribution in [3.8, 4) is 0 Å². The summed E-state index contributed by atoms with van der Waals surface area (Å²) < 4.78 is 0. The predicted molar refractivity (Wildman–Crippen MR) is 63.2 cm³/mol. The maximum atomic E-state index is 11.0. The summed E-state index contributed by atoms with van der Waals surface area (Å²) in [5.74, 6) is 0.146. The van der Waals surface area contributed by atoms with E-state index in [1.807, 2.05) is 6.26 Å². The van der Waals surface area contributed by atoms with Gasteiger partial charge in [0.25, 0.3) is 0 Å². The molecule has 0 aromatic heterocycles. The summed E-state index contributed by atoms with van der Waals surface area (Å²) in [6.45, 7) is 0.993. The lowest BCUT2D eigenvalue weighted by molar-refractivity contribution is -0.139. The molecular formula is C10H20N2O2S. The zero-order chi connectivity index (χ0) is 11.1. The summed E-state index contributed by atoms with van der Waals surface area (Å²) in [6, 6.07) is -0.409. The Balaban J connectivity index is 2.31. The first-order valence-electron chi connectivity index (χ1n) is 5.45. The summed E-state index contributed by atoms with van der Waals surface area (Å²) in [5.41, 5.74) is 0. The molecule has 1 fully saturated rings. The van der Waals surface area contributed by atoms with Gasteiger partial charge in [0.05, 0.1) is 6.17 Å². The number of hydrogen-bond acceptors (Lipinski definition) is 4. The van der Waals surface area contributed by atoms with Crippen LogP contribution in [0.15, 0.2) is 0 Å². The van der Waals surface area contributed by atoms with E-state index in [1.54, 1.807) is 11.8 Å². The molecule has 0 aliphatic carbocycles. The molecule has 0 saturated carbocycles. The van der Waals surface area contributed by atoms with Crippen molar-refractivity contribution >= 4 is 17.7 Å². The van der Waals surface area contributed by atoms with Crippen molar-refractivity contribution in [3.63, 3.8) is 0 Å². The Kier molecular flexibility index (Phi) is 6.05. The molecular weight excluding hydrogens is 212 g/mol. The number of hydrogen-bond donors (Lipinski definition) is 3. The van der Waals surface area contributed by atoms with Crippen molar-refractivity contribution in [3.05, 3.63) is 0 Å². The van der Waals surface area contributed by atoms with Gasteiger partial charge in [0.2, 0.25) is 0 Å². The zero-order valence-corrected chi connectivity index (χ0v) is 9.98. The van der Waals surface area contributed by atoms with Gasteiger partial charge in [-0.15, -0.1) is 0 Å². The molecule has 1 aliphatic heterocycles. The van der Waals surface area contributed by atoms with E-state index < -0.39 is 12.0 Å². The Morgan fingerprint density at radius 3 is 3.00 bits per heavy atom. The number of piperidine rings is 1. The van der Waals surface area contributed by atoms with Gasteiger partial charge in [0.1, 0.15) is 6.04 Å². The largest absolute Gasteiger partial charge is 0.480 e. The SMILES string of the molecule is CSCC[C@H](N[C@@H]1CCCCN1)C(=O)O. The van der Waals surface area contributed by atoms with Crippen LogP contribution < -0.4 is 10.6 Å². The molecule has 1 aliphatic rings. The maximum absolute atomic E-state index is 11.0. The van der Waals surface area contributed by atoms with Crippen LogP contribution in [0.1, 0.15) is 25.7 Å². The highest BCUT2D eigenvalue weighted by molar-refractivity contribution is 7.98. The minimum Gasteiger partial charge on any atom is -0.480 e. The summed E-state index contributed by atoms with van der Waals surface area (Å²) in [4.78, 5) is 11.0. The molecule has 0 amide bonds. The third kappa shape index (κ3) is 4.86. The molecule has 4 nitrogen and oxygen atoms in total. The number of carbonyl (C=O) groups is 1. The van der Waals surface area contributed by atoms with Gasteiger partial charge in [-0.05, 0) is 44.2 Å². The van der Waals surface area contributed by atoms with Crippen LogP contribution in [-0.2, 0) is 4.79 Å². The summed E-state index contributed by atoms with van der Waals surface area (Å²) in [5, 5.41) is 15.5. The molecule has 0 aromatic carbocycles. The van der Waals surface area contributed by atoms with Gasteiger partial charge in [0.15, 0.2) is 0 Å². The van der Waals surface area contributed by atoms with Crippen LogP contribution in [0.2, 0.25) is 0 Å². The maximum Gasteiger partial charge on any atom is 0.320 e. The predicted octanol–water partition coefficient (Wildman–Crippen LogP) is 0.882. The van der Waals surface area contributed by atoms with Crippen molar-refractivity contribution in [2.45, 2.75) is 37.9 Å². The molecule has 2 atom stereocenters. The van der Waals surface area contributed by atoms with Gasteiger partial charge in [-0.1, -0.05) is 0 Å². The van der Waals surface area contributed by atoms with Gasteiger partial charge in [0, 0.05) is 0 Å². The van der Waals surface area contributed by atoms with Crippen LogP contribution in [0.25, 0.3) is 0 Å². The van der Waals surface area contributed by atoms with E-state index >= 15 is 0 Å². The second kappa shape index (κ2) is 7.09. The van der Waals surface area contributed by atoms with Gasteiger partial charge in [-0.2, -0.15) is 11.8 Å². The van der Waals surface area contributed by atoms with Crippen LogP contribution in [0.5, 0.6) is 0 Å². The number of rotatable bonds is 6. The van der Waals surface area contributed by atoms with E-state index in [9.17, 15) is 4.79 Å². The monoisotopic (exact) mass is 232 g/mol. The fourth-order valence-corrected chi connectivity index (χ4v) is 2.22. The van der Waals surface area contributed by atoms with Crippen molar-refractivity contribution in [1.29, 1.82) is 0 Å². The summed E-state index contributed by atoms with van der Waals surface area (Å²) in [7, 11) is 0. The molecule has 3 N–H and O–H groups in total. The van der Waals surface area contributed by atoms with E-state index in [4.69, 9.17) is 5.11 Å². The molecule has 88 valence electrons. The number of carboxylic acids is 1. The van der Waals surface area contributed by atoms with Gasteiger partial charge in [-0.25, -0.2) is 0 Å². The molecule has 0 unspecified atom stereocenters. The first-order chi connectivity index (χ1) is 7.24. The normalized spacial score (nSPS) is 23.7. The molecule has 5 heteroatoms. The first kappa shape index (κ1) is 12.8. The average Bonchev–Trinajstić information content (AvgIpc) is 2.25. The second-order valence-corrected chi connectivity index (χ2v) is 4.83. The minimum absolute atomic E-state index is 0.182. The van der Waals surface area contributed by atoms with Gasteiger partial charge >= 0.3 is 5.97 Å². The quantitative estimate of drug-likeness (QED) is 0.634. The fourth-order valence-electron chi connectivity index (χ4n) is 1.75. The van der Waals surface area contributed by atoms with Crippen molar-refractivity contribution in [2.24, 2.45) is 0 Å². The number of nitrogens with one attached hydrogen (secondary N) is 2. The molecule has 1 saturated heterocycles. The Bertz CT molecular complexity index is 196. The highest BCUT2D eigenvalue weighted by Crippen LogP contribution is 2.07. The third-order valence-corrected chi connectivity index (χ3v) is 3.27. The summed E-state index contributed by atoms with van der Waals surface area (Å²) in [6.07, 6.45) is 6.28. The highest BCUT2D eigenvalue weighted by atomic mass is 32.2. The summed E-state index contributed by atoms with van der Waals surface area (Å²) >= 11 is 1.69. The Labute approximate surface area is 95.2 Å². The van der Waals surface area contributed by atoms with Crippen LogP contribution >= 0.6 is 11.8 Å². The van der Waals surface area contributed by atoms with Crippen LogP contribution in [0.3, 0.4) is 0 Å².